The summed E-state index contributed by atoms with van der Waals surface area (Å²) in [4.78, 5) is 18.3. The van der Waals surface area contributed by atoms with Gasteiger partial charge in [-0.1, -0.05) is 96.1 Å². The van der Waals surface area contributed by atoms with Gasteiger partial charge >= 0.3 is 0 Å². The monoisotopic (exact) mass is 600 g/mol. The number of rotatable bonds is 7. The summed E-state index contributed by atoms with van der Waals surface area (Å²) < 4.78 is 8.94. The number of nitrogens with one attached hydrogen (secondary N) is 1. The van der Waals surface area contributed by atoms with Crippen LogP contribution in [0.2, 0.25) is 0 Å². The molecule has 4 aromatic rings. The first-order valence-electron chi connectivity index (χ1n) is 13.0. The second-order valence-corrected chi connectivity index (χ2v) is 12.6. The normalized spacial score (nSPS) is 17.8. The van der Waals surface area contributed by atoms with Gasteiger partial charge in [0.05, 0.1) is 0 Å². The van der Waals surface area contributed by atoms with Crippen molar-refractivity contribution in [3.8, 4) is 5.75 Å². The predicted molar refractivity (Wildman–Crippen MR) is 158 cm³/mol. The first kappa shape index (κ1) is 25.9. The van der Waals surface area contributed by atoms with Crippen LogP contribution in [0.3, 0.4) is 0 Å². The average molecular weight is 602 g/mol. The van der Waals surface area contributed by atoms with Gasteiger partial charge in [0.15, 0.2) is 5.78 Å². The zero-order valence-electron chi connectivity index (χ0n) is 21.9. The zero-order valence-corrected chi connectivity index (χ0v) is 24.3. The Bertz CT molecular complexity index is 1550. The van der Waals surface area contributed by atoms with Crippen LogP contribution >= 0.6 is 27.7 Å². The molecular formula is C31H29BrN4O2S. The van der Waals surface area contributed by atoms with Crippen LogP contribution in [-0.4, -0.2) is 20.5 Å². The van der Waals surface area contributed by atoms with Crippen LogP contribution < -0.4 is 10.1 Å². The molecule has 1 N–H and O–H groups in total. The number of ketones is 1. The number of halogens is 1. The molecule has 0 amide bonds. The number of thioether (sulfide) groups is 1. The standard InChI is InChI=1S/C31H29BrN4O2S/c1-31(2)16-25-27(26(37)17-31)28(22-11-13-24(14-12-22)38-18-21-9-6-10-23(32)15-21)36-29(33-25)34-30(35-36)39-19-20-7-4-3-5-8-20/h3-15,28H,16-19H2,1-2H3,(H,33,34,35). The number of allylic oxidation sites excluding steroid dienone is 2. The minimum Gasteiger partial charge on any atom is -0.489 e. The lowest BCUT2D eigenvalue weighted by Gasteiger charge is -2.38. The number of anilines is 1. The Hall–Kier alpha value is -3.36. The number of carbonyl (C=O) groups excluding carboxylic acids is 1. The summed E-state index contributed by atoms with van der Waals surface area (Å²) in [5, 5.41) is 9.03. The number of nitrogens with zero attached hydrogens (tertiary/aromatic N) is 3. The molecule has 198 valence electrons. The molecule has 0 saturated carbocycles. The maximum atomic E-state index is 13.5. The molecule has 2 aliphatic rings. The fourth-order valence-electron chi connectivity index (χ4n) is 5.22. The van der Waals surface area contributed by atoms with Gasteiger partial charge in [0, 0.05) is 27.9 Å². The van der Waals surface area contributed by atoms with E-state index in [4.69, 9.17) is 14.8 Å². The number of hydrogen-bond acceptors (Lipinski definition) is 6. The second kappa shape index (κ2) is 10.7. The van der Waals surface area contributed by atoms with E-state index in [2.05, 4.69) is 47.2 Å². The Labute approximate surface area is 241 Å². The lowest BCUT2D eigenvalue weighted by atomic mass is 9.73. The van der Waals surface area contributed by atoms with Crippen molar-refractivity contribution in [2.75, 3.05) is 5.32 Å². The van der Waals surface area contributed by atoms with Crippen molar-refractivity contribution in [2.24, 2.45) is 5.41 Å². The van der Waals surface area contributed by atoms with E-state index in [0.717, 1.165) is 44.8 Å². The minimum absolute atomic E-state index is 0.106. The van der Waals surface area contributed by atoms with Crippen molar-refractivity contribution in [2.45, 2.75) is 50.2 Å². The summed E-state index contributed by atoms with van der Waals surface area (Å²) in [6, 6.07) is 26.0. The fraction of sp³-hybridized carbons (Fsp3) is 0.258. The van der Waals surface area contributed by atoms with E-state index >= 15 is 0 Å². The zero-order chi connectivity index (χ0) is 27.0. The van der Waals surface area contributed by atoms with Crippen LogP contribution in [0, 0.1) is 5.41 Å². The number of carbonyl (C=O) groups is 1. The van der Waals surface area contributed by atoms with Crippen LogP contribution in [0.15, 0.2) is 99.8 Å². The molecule has 0 bridgehead atoms. The number of aromatic nitrogens is 3. The lowest BCUT2D eigenvalue weighted by Crippen LogP contribution is -2.36. The molecule has 39 heavy (non-hydrogen) atoms. The number of ether oxygens (including phenoxy) is 1. The van der Waals surface area contributed by atoms with Gasteiger partial charge in [0.25, 0.3) is 0 Å². The third-order valence-corrected chi connectivity index (χ3v) is 8.42. The minimum atomic E-state index is -0.336. The highest BCUT2D eigenvalue weighted by atomic mass is 79.9. The fourth-order valence-corrected chi connectivity index (χ4v) is 6.45. The van der Waals surface area contributed by atoms with E-state index in [1.54, 1.807) is 11.8 Å². The van der Waals surface area contributed by atoms with Gasteiger partial charge in [0.1, 0.15) is 18.4 Å². The Kier molecular flexibility index (Phi) is 7.08. The first-order chi connectivity index (χ1) is 18.8. The second-order valence-electron chi connectivity index (χ2n) is 10.8. The van der Waals surface area contributed by atoms with Gasteiger partial charge in [-0.25, -0.2) is 4.68 Å². The van der Waals surface area contributed by atoms with E-state index in [-0.39, 0.29) is 17.2 Å². The summed E-state index contributed by atoms with van der Waals surface area (Å²) in [6.07, 6.45) is 1.30. The maximum absolute atomic E-state index is 13.5. The largest absolute Gasteiger partial charge is 0.489 e. The van der Waals surface area contributed by atoms with E-state index in [1.807, 2.05) is 71.4 Å². The van der Waals surface area contributed by atoms with Gasteiger partial charge in [-0.05, 0) is 52.8 Å². The molecule has 0 saturated heterocycles. The molecule has 6 nitrogen and oxygen atoms in total. The van der Waals surface area contributed by atoms with Gasteiger partial charge in [-0.15, -0.1) is 5.10 Å². The third-order valence-electron chi connectivity index (χ3n) is 7.01. The van der Waals surface area contributed by atoms with Crippen LogP contribution in [-0.2, 0) is 17.2 Å². The Balaban J connectivity index is 1.29. The van der Waals surface area contributed by atoms with E-state index < -0.39 is 0 Å². The van der Waals surface area contributed by atoms with Crippen molar-refractivity contribution in [3.05, 3.63) is 111 Å². The highest BCUT2D eigenvalue weighted by molar-refractivity contribution is 9.10. The number of hydrogen-bond donors (Lipinski definition) is 1. The highest BCUT2D eigenvalue weighted by Crippen LogP contribution is 2.46. The van der Waals surface area contributed by atoms with Crippen LogP contribution in [0.4, 0.5) is 5.95 Å². The predicted octanol–water partition coefficient (Wildman–Crippen LogP) is 7.57. The lowest BCUT2D eigenvalue weighted by molar-refractivity contribution is -0.118. The molecule has 1 aliphatic heterocycles. The third kappa shape index (κ3) is 5.68. The molecule has 1 aromatic heterocycles. The Morgan fingerprint density at radius 3 is 2.56 bits per heavy atom. The number of fused-ring (bicyclic) bond motifs is 1. The van der Waals surface area contributed by atoms with Gasteiger partial charge < -0.3 is 10.1 Å². The molecule has 6 rings (SSSR count). The van der Waals surface area contributed by atoms with Crippen molar-refractivity contribution in [1.82, 2.24) is 14.8 Å². The smallest absolute Gasteiger partial charge is 0.227 e. The van der Waals surface area contributed by atoms with Crippen molar-refractivity contribution < 1.29 is 9.53 Å². The molecule has 0 fully saturated rings. The maximum Gasteiger partial charge on any atom is 0.227 e. The first-order valence-corrected chi connectivity index (χ1v) is 14.8. The number of Topliss-reactive ketones (excluding diaryl/α,β-unsaturated/α-hetero) is 1. The molecule has 2 heterocycles. The van der Waals surface area contributed by atoms with Crippen LogP contribution in [0.25, 0.3) is 0 Å². The summed E-state index contributed by atoms with van der Waals surface area (Å²) in [6.45, 7) is 4.76. The molecule has 1 unspecified atom stereocenters. The highest BCUT2D eigenvalue weighted by Gasteiger charge is 2.41. The van der Waals surface area contributed by atoms with E-state index in [9.17, 15) is 4.79 Å². The summed E-state index contributed by atoms with van der Waals surface area (Å²) >= 11 is 5.11. The molecule has 8 heteroatoms. The Morgan fingerprint density at radius 2 is 1.79 bits per heavy atom. The van der Waals surface area contributed by atoms with E-state index in [0.29, 0.717) is 24.1 Å². The van der Waals surface area contributed by atoms with Crippen molar-refractivity contribution in [1.29, 1.82) is 0 Å². The Morgan fingerprint density at radius 1 is 1.03 bits per heavy atom. The van der Waals surface area contributed by atoms with Gasteiger partial charge in [-0.3, -0.25) is 4.79 Å². The number of benzene rings is 3. The molecular weight excluding hydrogens is 572 g/mol. The van der Waals surface area contributed by atoms with Gasteiger partial charge in [0.2, 0.25) is 11.1 Å². The summed E-state index contributed by atoms with van der Waals surface area (Å²) in [5.41, 5.74) is 4.92. The SMILES string of the molecule is CC1(C)CC(=O)C2=C(C1)Nc1nc(SCc3ccccc3)nn1C2c1ccc(OCc2cccc(Br)c2)cc1. The molecule has 1 aliphatic carbocycles. The quantitative estimate of drug-likeness (QED) is 0.221. The molecule has 0 spiro atoms. The van der Waals surface area contributed by atoms with Crippen molar-refractivity contribution >= 4 is 39.4 Å². The average Bonchev–Trinajstić information content (AvgIpc) is 3.32. The van der Waals surface area contributed by atoms with Gasteiger partial charge in [-0.2, -0.15) is 4.98 Å². The van der Waals surface area contributed by atoms with Crippen LogP contribution in [0.5, 0.6) is 5.75 Å². The van der Waals surface area contributed by atoms with Crippen molar-refractivity contribution in [3.63, 3.8) is 0 Å². The van der Waals surface area contributed by atoms with E-state index in [1.165, 1.54) is 5.56 Å². The summed E-state index contributed by atoms with van der Waals surface area (Å²) in [7, 11) is 0. The molecule has 3 aromatic carbocycles. The van der Waals surface area contributed by atoms with Crippen LogP contribution in [0.1, 0.15) is 49.4 Å². The summed E-state index contributed by atoms with van der Waals surface area (Å²) in [5.74, 6) is 2.39. The molecule has 1 atom stereocenters. The molecule has 0 radical (unpaired) electrons. The topological polar surface area (TPSA) is 69.0 Å².